The van der Waals surface area contributed by atoms with E-state index in [0.717, 1.165) is 16.7 Å². The number of aliphatic hydroxyl groups excluding tert-OH is 1. The van der Waals surface area contributed by atoms with E-state index in [1.807, 2.05) is 50.2 Å². The minimum absolute atomic E-state index is 0.00580. The van der Waals surface area contributed by atoms with Crippen molar-refractivity contribution < 1.29 is 19.8 Å². The summed E-state index contributed by atoms with van der Waals surface area (Å²) in [6, 6.07) is 18.7. The highest BCUT2D eigenvalue weighted by Crippen LogP contribution is 2.43. The van der Waals surface area contributed by atoms with Crippen LogP contribution in [0.4, 0.5) is 5.69 Å². The molecular formula is C29H29NO4. The lowest BCUT2D eigenvalue weighted by molar-refractivity contribution is -0.132. The summed E-state index contributed by atoms with van der Waals surface area (Å²) in [5, 5.41) is 21.7. The number of aliphatic hydroxyl groups is 1. The molecule has 3 aromatic rings. The van der Waals surface area contributed by atoms with E-state index in [0.29, 0.717) is 16.8 Å². The predicted octanol–water partition coefficient (Wildman–Crippen LogP) is 5.93. The molecule has 0 saturated carbocycles. The highest BCUT2D eigenvalue weighted by atomic mass is 16.3. The van der Waals surface area contributed by atoms with Crippen LogP contribution >= 0.6 is 0 Å². The first kappa shape index (κ1) is 23.3. The van der Waals surface area contributed by atoms with Gasteiger partial charge in [-0.1, -0.05) is 57.2 Å². The lowest BCUT2D eigenvalue weighted by Gasteiger charge is -2.26. The number of rotatable bonds is 3. The Bertz CT molecular complexity index is 1330. The summed E-state index contributed by atoms with van der Waals surface area (Å²) in [6.45, 7) is 9.99. The van der Waals surface area contributed by atoms with Crippen molar-refractivity contribution in [3.63, 3.8) is 0 Å². The van der Waals surface area contributed by atoms with Gasteiger partial charge in [0, 0.05) is 11.3 Å². The number of nitrogens with zero attached hydrogens (tertiary/aromatic N) is 1. The average molecular weight is 456 g/mol. The molecule has 4 rings (SSSR count). The Morgan fingerprint density at radius 3 is 2.26 bits per heavy atom. The number of phenolic OH excluding ortho intramolecular Hbond substituents is 1. The second kappa shape index (κ2) is 8.49. The van der Waals surface area contributed by atoms with E-state index in [4.69, 9.17) is 0 Å². The quantitative estimate of drug-likeness (QED) is 0.291. The summed E-state index contributed by atoms with van der Waals surface area (Å²) in [6.07, 6.45) is 0. The Morgan fingerprint density at radius 1 is 0.912 bits per heavy atom. The second-order valence-corrected chi connectivity index (χ2v) is 9.88. The van der Waals surface area contributed by atoms with E-state index in [9.17, 15) is 19.8 Å². The standard InChI is InChI=1S/C29H29NO4/c1-17-8-6-10-21(14-17)30-25(19-9-7-11-22(31)15-19)24(27(33)28(30)34)26(32)23-16-20(29(3,4)5)13-12-18(23)2/h6-16,25,31-32H,1-5H3/b26-24+. The van der Waals surface area contributed by atoms with Crippen molar-refractivity contribution in [1.29, 1.82) is 0 Å². The molecule has 0 aromatic heterocycles. The predicted molar refractivity (Wildman–Crippen MR) is 134 cm³/mol. The van der Waals surface area contributed by atoms with Crippen LogP contribution in [0.2, 0.25) is 0 Å². The van der Waals surface area contributed by atoms with Gasteiger partial charge in [0.1, 0.15) is 11.5 Å². The summed E-state index contributed by atoms with van der Waals surface area (Å²) in [5.41, 5.74) is 4.17. The summed E-state index contributed by atoms with van der Waals surface area (Å²) < 4.78 is 0. The van der Waals surface area contributed by atoms with E-state index in [1.165, 1.54) is 17.0 Å². The third-order valence-corrected chi connectivity index (χ3v) is 6.27. The molecule has 1 aliphatic heterocycles. The lowest BCUT2D eigenvalue weighted by atomic mass is 9.84. The van der Waals surface area contributed by atoms with Gasteiger partial charge in [0.05, 0.1) is 11.6 Å². The number of amides is 1. The summed E-state index contributed by atoms with van der Waals surface area (Å²) in [5.74, 6) is -1.68. The number of phenols is 1. The van der Waals surface area contributed by atoms with Gasteiger partial charge in [0.15, 0.2) is 0 Å². The number of hydrogen-bond donors (Lipinski definition) is 2. The molecule has 1 heterocycles. The van der Waals surface area contributed by atoms with Gasteiger partial charge in [-0.15, -0.1) is 0 Å². The Morgan fingerprint density at radius 2 is 1.62 bits per heavy atom. The summed E-state index contributed by atoms with van der Waals surface area (Å²) in [4.78, 5) is 28.1. The van der Waals surface area contributed by atoms with Crippen LogP contribution in [0.1, 0.15) is 54.6 Å². The topological polar surface area (TPSA) is 77.8 Å². The van der Waals surface area contributed by atoms with Gasteiger partial charge in [0.2, 0.25) is 0 Å². The number of hydrogen-bond acceptors (Lipinski definition) is 4. The van der Waals surface area contributed by atoms with Crippen molar-refractivity contribution in [1.82, 2.24) is 0 Å². The van der Waals surface area contributed by atoms with Gasteiger partial charge in [-0.3, -0.25) is 14.5 Å². The van der Waals surface area contributed by atoms with Crippen LogP contribution in [0.15, 0.2) is 72.3 Å². The first-order valence-corrected chi connectivity index (χ1v) is 11.3. The van der Waals surface area contributed by atoms with Crippen LogP contribution in [-0.4, -0.2) is 21.9 Å². The molecule has 0 spiro atoms. The minimum atomic E-state index is -0.883. The molecule has 3 aromatic carbocycles. The third-order valence-electron chi connectivity index (χ3n) is 6.27. The number of carbonyl (C=O) groups is 2. The number of carbonyl (C=O) groups excluding carboxylic acids is 2. The lowest BCUT2D eigenvalue weighted by Crippen LogP contribution is -2.29. The van der Waals surface area contributed by atoms with Gasteiger partial charge < -0.3 is 10.2 Å². The fraction of sp³-hybridized carbons (Fsp3) is 0.241. The van der Waals surface area contributed by atoms with Crippen molar-refractivity contribution in [2.45, 2.75) is 46.1 Å². The van der Waals surface area contributed by atoms with E-state index in [1.54, 1.807) is 18.2 Å². The first-order chi connectivity index (χ1) is 16.0. The van der Waals surface area contributed by atoms with Crippen LogP contribution in [0, 0.1) is 13.8 Å². The molecule has 34 heavy (non-hydrogen) atoms. The third kappa shape index (κ3) is 4.10. The number of benzene rings is 3. The zero-order chi connectivity index (χ0) is 24.8. The monoisotopic (exact) mass is 455 g/mol. The van der Waals surface area contributed by atoms with E-state index in [-0.39, 0.29) is 22.5 Å². The zero-order valence-electron chi connectivity index (χ0n) is 20.1. The summed E-state index contributed by atoms with van der Waals surface area (Å²) >= 11 is 0. The molecule has 5 nitrogen and oxygen atoms in total. The van der Waals surface area contributed by atoms with Gasteiger partial charge in [-0.25, -0.2) is 0 Å². The van der Waals surface area contributed by atoms with Crippen LogP contribution in [0.5, 0.6) is 5.75 Å². The molecule has 1 aliphatic rings. The van der Waals surface area contributed by atoms with Gasteiger partial charge in [0.25, 0.3) is 11.7 Å². The molecule has 1 unspecified atom stereocenters. The van der Waals surface area contributed by atoms with Crippen LogP contribution in [0.3, 0.4) is 0 Å². The molecule has 1 amide bonds. The van der Waals surface area contributed by atoms with Gasteiger partial charge in [-0.05, 0) is 71.8 Å². The molecule has 0 bridgehead atoms. The fourth-order valence-corrected chi connectivity index (χ4v) is 4.38. The molecule has 1 atom stereocenters. The van der Waals surface area contributed by atoms with Crippen molar-refractivity contribution in [2.24, 2.45) is 0 Å². The SMILES string of the molecule is Cc1cccc(N2C(=O)C(=O)/C(=C(/O)c3cc(C(C)(C)C)ccc3C)C2c2cccc(O)c2)c1. The highest BCUT2D eigenvalue weighted by molar-refractivity contribution is 6.51. The van der Waals surface area contributed by atoms with Crippen molar-refractivity contribution in [3.05, 3.63) is 100 Å². The van der Waals surface area contributed by atoms with E-state index in [2.05, 4.69) is 20.8 Å². The molecule has 0 aliphatic carbocycles. The van der Waals surface area contributed by atoms with Crippen molar-refractivity contribution in [3.8, 4) is 5.75 Å². The smallest absolute Gasteiger partial charge is 0.300 e. The molecule has 0 radical (unpaired) electrons. The number of anilines is 1. The Kier molecular flexibility index (Phi) is 5.82. The number of aryl methyl sites for hydroxylation is 2. The van der Waals surface area contributed by atoms with Crippen molar-refractivity contribution >= 4 is 23.1 Å². The Labute approximate surface area is 200 Å². The molecule has 1 saturated heterocycles. The van der Waals surface area contributed by atoms with Crippen LogP contribution in [-0.2, 0) is 15.0 Å². The molecular weight excluding hydrogens is 426 g/mol. The Hall–Kier alpha value is -3.86. The molecule has 2 N–H and O–H groups in total. The second-order valence-electron chi connectivity index (χ2n) is 9.88. The van der Waals surface area contributed by atoms with Gasteiger partial charge in [-0.2, -0.15) is 0 Å². The number of Topliss-reactive ketones (excluding diaryl/α,β-unsaturated/α-hetero) is 1. The van der Waals surface area contributed by atoms with Crippen molar-refractivity contribution in [2.75, 3.05) is 4.90 Å². The minimum Gasteiger partial charge on any atom is -0.508 e. The summed E-state index contributed by atoms with van der Waals surface area (Å²) in [7, 11) is 0. The normalized spacial score (nSPS) is 17.9. The number of aromatic hydroxyl groups is 1. The maximum Gasteiger partial charge on any atom is 0.300 e. The molecule has 174 valence electrons. The van der Waals surface area contributed by atoms with Crippen LogP contribution in [0.25, 0.3) is 5.76 Å². The maximum atomic E-state index is 13.4. The van der Waals surface area contributed by atoms with E-state index < -0.39 is 17.7 Å². The molecule has 5 heteroatoms. The van der Waals surface area contributed by atoms with Crippen LogP contribution < -0.4 is 4.90 Å². The number of ketones is 1. The maximum absolute atomic E-state index is 13.4. The Balaban J connectivity index is 2.00. The fourth-order valence-electron chi connectivity index (χ4n) is 4.38. The largest absolute Gasteiger partial charge is 0.508 e. The average Bonchev–Trinajstić information content (AvgIpc) is 3.03. The first-order valence-electron chi connectivity index (χ1n) is 11.3. The van der Waals surface area contributed by atoms with Gasteiger partial charge >= 0.3 is 0 Å². The zero-order valence-corrected chi connectivity index (χ0v) is 20.1. The van der Waals surface area contributed by atoms with E-state index >= 15 is 0 Å². The highest BCUT2D eigenvalue weighted by Gasteiger charge is 2.47. The molecule has 1 fully saturated rings.